The molecule has 3 aliphatic heterocycles. The van der Waals surface area contributed by atoms with Crippen LogP contribution < -0.4 is 4.90 Å². The average Bonchev–Trinajstić information content (AvgIpc) is 3.48. The fraction of sp³-hybridized carbons (Fsp3) is 0.391. The van der Waals surface area contributed by atoms with Crippen LogP contribution in [0.4, 0.5) is 5.69 Å². The molecule has 2 aromatic rings. The first kappa shape index (κ1) is 20.1. The first-order valence-electron chi connectivity index (χ1n) is 10.3. The Morgan fingerprint density at radius 3 is 2.42 bits per heavy atom. The number of ketones is 1. The van der Waals surface area contributed by atoms with E-state index in [1.165, 1.54) is 16.7 Å². The summed E-state index contributed by atoms with van der Waals surface area (Å²) in [7, 11) is 1.57. The number of hydrogen-bond acceptors (Lipinski definition) is 6. The van der Waals surface area contributed by atoms with Gasteiger partial charge in [-0.3, -0.25) is 19.2 Å². The van der Waals surface area contributed by atoms with Crippen molar-refractivity contribution in [2.45, 2.75) is 37.5 Å². The molecule has 0 N–H and O–H groups in total. The maximum Gasteiger partial charge on any atom is 0.265 e. The van der Waals surface area contributed by atoms with Crippen LogP contribution in [0.5, 0.6) is 0 Å². The van der Waals surface area contributed by atoms with Crippen LogP contribution in [0.2, 0.25) is 0 Å². The summed E-state index contributed by atoms with van der Waals surface area (Å²) in [4.78, 5) is 56.8. The van der Waals surface area contributed by atoms with Crippen molar-refractivity contribution < 1.29 is 23.9 Å². The number of anilines is 1. The number of piperidine rings is 1. The van der Waals surface area contributed by atoms with Gasteiger partial charge in [-0.15, -0.1) is 11.3 Å². The Labute approximate surface area is 183 Å². The van der Waals surface area contributed by atoms with Gasteiger partial charge in [0.05, 0.1) is 5.69 Å². The van der Waals surface area contributed by atoms with E-state index in [1.54, 1.807) is 48.7 Å². The maximum atomic E-state index is 13.6. The van der Waals surface area contributed by atoms with Crippen LogP contribution in [-0.2, 0) is 30.3 Å². The number of fused-ring (bicyclic) bond motifs is 5. The van der Waals surface area contributed by atoms with Gasteiger partial charge in [0.2, 0.25) is 17.4 Å². The number of carbonyl (C=O) groups excluding carboxylic acids is 4. The van der Waals surface area contributed by atoms with Crippen LogP contribution in [0.1, 0.15) is 24.6 Å². The zero-order valence-electron chi connectivity index (χ0n) is 17.2. The zero-order valence-corrected chi connectivity index (χ0v) is 18.1. The van der Waals surface area contributed by atoms with Crippen molar-refractivity contribution in [1.29, 1.82) is 0 Å². The third-order valence-electron chi connectivity index (χ3n) is 6.83. The maximum absolute atomic E-state index is 13.6. The number of ether oxygens (including phenoxy) is 1. The van der Waals surface area contributed by atoms with E-state index in [0.29, 0.717) is 18.5 Å². The summed E-state index contributed by atoms with van der Waals surface area (Å²) in [6, 6.07) is 12.6. The number of imide groups is 1. The van der Waals surface area contributed by atoms with Gasteiger partial charge in [0.15, 0.2) is 11.5 Å². The highest BCUT2D eigenvalue weighted by Gasteiger charge is 2.83. The lowest BCUT2D eigenvalue weighted by Crippen LogP contribution is -2.60. The summed E-state index contributed by atoms with van der Waals surface area (Å²) in [5, 5.41) is 2.00. The van der Waals surface area contributed by atoms with Crippen molar-refractivity contribution in [3.8, 4) is 0 Å². The van der Waals surface area contributed by atoms with Crippen molar-refractivity contribution in [2.24, 2.45) is 11.8 Å². The summed E-state index contributed by atoms with van der Waals surface area (Å²) < 4.78 is 6.21. The van der Waals surface area contributed by atoms with Gasteiger partial charge in [0.1, 0.15) is 11.8 Å². The van der Waals surface area contributed by atoms with E-state index in [9.17, 15) is 19.2 Å². The Balaban J connectivity index is 1.57. The fourth-order valence-corrected chi connectivity index (χ4v) is 6.18. The van der Waals surface area contributed by atoms with Crippen LogP contribution in [0.25, 0.3) is 0 Å². The Morgan fingerprint density at radius 2 is 1.77 bits per heavy atom. The van der Waals surface area contributed by atoms with Gasteiger partial charge in [-0.2, -0.15) is 0 Å². The third-order valence-corrected chi connectivity index (χ3v) is 7.77. The lowest BCUT2D eigenvalue weighted by molar-refractivity contribution is -0.155. The molecule has 4 atom stereocenters. The van der Waals surface area contributed by atoms with E-state index >= 15 is 0 Å². The molecule has 2 unspecified atom stereocenters. The lowest BCUT2D eigenvalue weighted by Gasteiger charge is -2.38. The van der Waals surface area contributed by atoms with Crippen LogP contribution in [-0.4, -0.2) is 46.8 Å². The molecule has 160 valence electrons. The number of rotatable bonds is 6. The highest BCUT2D eigenvalue weighted by molar-refractivity contribution is 7.09. The van der Waals surface area contributed by atoms with E-state index in [2.05, 4.69) is 0 Å². The molecular formula is C23H22N2O5S. The van der Waals surface area contributed by atoms with Gasteiger partial charge in [-0.1, -0.05) is 24.3 Å². The van der Waals surface area contributed by atoms with Crippen molar-refractivity contribution in [1.82, 2.24) is 4.90 Å². The van der Waals surface area contributed by atoms with E-state index in [-0.39, 0.29) is 0 Å². The molecule has 1 aromatic carbocycles. The van der Waals surface area contributed by atoms with Gasteiger partial charge >= 0.3 is 0 Å². The number of Topliss-reactive ketones (excluding diaryl/α,β-unsaturated/α-hetero) is 1. The van der Waals surface area contributed by atoms with E-state index in [0.717, 1.165) is 11.3 Å². The molecule has 0 spiro atoms. The number of nitrogens with zero attached hydrogens (tertiary/aromatic N) is 2. The second-order valence-electron chi connectivity index (χ2n) is 8.34. The Kier molecular flexibility index (Phi) is 4.43. The van der Waals surface area contributed by atoms with Gasteiger partial charge in [-0.25, -0.2) is 4.90 Å². The van der Waals surface area contributed by atoms with Crippen molar-refractivity contribution >= 4 is 40.5 Å². The molecular weight excluding hydrogens is 416 g/mol. The monoisotopic (exact) mass is 438 g/mol. The average molecular weight is 439 g/mol. The first-order valence-corrected chi connectivity index (χ1v) is 11.2. The molecule has 0 radical (unpaired) electrons. The first-order chi connectivity index (χ1) is 14.8. The van der Waals surface area contributed by atoms with Gasteiger partial charge < -0.3 is 9.64 Å². The number of thiophene rings is 1. The molecule has 5 rings (SSSR count). The van der Waals surface area contributed by atoms with Gasteiger partial charge in [-0.05, 0) is 49.8 Å². The Morgan fingerprint density at radius 1 is 1.06 bits per heavy atom. The standard InChI is InChI=1S/C23H22N2O5S/c1-14(26)23-18-17(19(27)25(20(18)28)15-8-4-3-5-9-15)22(30-23,24(2)21(23)29)12-6-10-16-11-7-13-31-16/h3-5,7-9,11,13,17-18H,6,10,12H2,1-2H3/t17?,18?,22-,23+/m0/s1. The molecule has 31 heavy (non-hydrogen) atoms. The SMILES string of the molecule is CC(=O)[C@@]12O[C@@](CCCc3cccs3)(C3C(=O)N(c4ccccc4)C(=O)C31)N(C)C2=O. The number of likely N-dealkylation sites (tertiary alicyclic amines) is 1. The fourth-order valence-electron chi connectivity index (χ4n) is 5.43. The summed E-state index contributed by atoms with van der Waals surface area (Å²) in [6.07, 6.45) is 1.78. The number of aryl methyl sites for hydroxylation is 1. The highest BCUT2D eigenvalue weighted by atomic mass is 32.1. The quantitative estimate of drug-likeness (QED) is 0.511. The van der Waals surface area contributed by atoms with E-state index in [1.807, 2.05) is 17.5 Å². The number of para-hydroxylation sites is 1. The number of hydrogen-bond donors (Lipinski definition) is 0. The predicted octanol–water partition coefficient (Wildman–Crippen LogP) is 2.40. The molecule has 3 amide bonds. The van der Waals surface area contributed by atoms with Crippen LogP contribution in [0, 0.1) is 11.8 Å². The number of benzene rings is 1. The summed E-state index contributed by atoms with van der Waals surface area (Å²) >= 11 is 1.64. The summed E-state index contributed by atoms with van der Waals surface area (Å²) in [6.45, 7) is 1.26. The number of likely N-dealkylation sites (N-methyl/N-ethyl adjacent to an activating group) is 1. The number of amides is 3. The second kappa shape index (κ2) is 6.83. The van der Waals surface area contributed by atoms with Crippen LogP contribution in [0.3, 0.4) is 0 Å². The third kappa shape index (κ3) is 2.49. The minimum Gasteiger partial charge on any atom is -0.330 e. The molecule has 0 aliphatic carbocycles. The largest absolute Gasteiger partial charge is 0.330 e. The molecule has 0 saturated carbocycles. The molecule has 1 aromatic heterocycles. The molecule has 3 saturated heterocycles. The van der Waals surface area contributed by atoms with Gasteiger partial charge in [0, 0.05) is 11.9 Å². The minimum atomic E-state index is -1.93. The predicted molar refractivity (Wildman–Crippen MR) is 113 cm³/mol. The van der Waals surface area contributed by atoms with E-state index < -0.39 is 46.7 Å². The molecule has 8 heteroatoms. The second-order valence-corrected chi connectivity index (χ2v) is 9.37. The molecule has 3 aliphatic rings. The molecule has 4 heterocycles. The smallest absolute Gasteiger partial charge is 0.265 e. The Hall–Kier alpha value is -2.84. The van der Waals surface area contributed by atoms with Gasteiger partial charge in [0.25, 0.3) is 5.91 Å². The Bertz CT molecular complexity index is 1080. The topological polar surface area (TPSA) is 84.0 Å². The molecule has 2 bridgehead atoms. The molecule has 7 nitrogen and oxygen atoms in total. The minimum absolute atomic E-state index is 0.366. The number of carbonyl (C=O) groups is 4. The zero-order chi connectivity index (χ0) is 22.0. The van der Waals surface area contributed by atoms with E-state index in [4.69, 9.17) is 4.74 Å². The molecule has 3 fully saturated rings. The highest BCUT2D eigenvalue weighted by Crippen LogP contribution is 2.61. The normalized spacial score (nSPS) is 31.6. The summed E-state index contributed by atoms with van der Waals surface area (Å²) in [5.74, 6) is -4.07. The summed E-state index contributed by atoms with van der Waals surface area (Å²) in [5.41, 5.74) is -2.80. The lowest BCUT2D eigenvalue weighted by atomic mass is 9.71. The van der Waals surface area contributed by atoms with Crippen molar-refractivity contribution in [3.63, 3.8) is 0 Å². The van der Waals surface area contributed by atoms with Crippen molar-refractivity contribution in [2.75, 3.05) is 11.9 Å². The van der Waals surface area contributed by atoms with Crippen LogP contribution in [0.15, 0.2) is 47.8 Å². The van der Waals surface area contributed by atoms with Crippen LogP contribution >= 0.6 is 11.3 Å². The van der Waals surface area contributed by atoms with Crippen molar-refractivity contribution in [3.05, 3.63) is 52.7 Å².